The van der Waals surface area contributed by atoms with Gasteiger partial charge < -0.3 is 15.2 Å². The molecule has 1 unspecified atom stereocenters. The molecule has 0 heterocycles. The Hall–Kier alpha value is -2.00. The van der Waals surface area contributed by atoms with Crippen molar-refractivity contribution in [2.24, 2.45) is 5.73 Å². The molecular weight excluding hydrogens is 286 g/mol. The summed E-state index contributed by atoms with van der Waals surface area (Å²) in [4.78, 5) is 0. The van der Waals surface area contributed by atoms with Gasteiger partial charge in [-0.25, -0.2) is 0 Å². The average Bonchev–Trinajstić information content (AvgIpc) is 2.56. The van der Waals surface area contributed by atoms with Crippen LogP contribution in [0.5, 0.6) is 11.5 Å². The minimum absolute atomic E-state index is 0.275. The van der Waals surface area contributed by atoms with E-state index in [1.54, 1.807) is 7.11 Å². The third-order valence-electron chi connectivity index (χ3n) is 4.36. The Kier molecular flexibility index (Phi) is 6.05. The number of hydrogen-bond donors (Lipinski definition) is 1. The molecule has 2 rings (SSSR count). The molecule has 124 valence electrons. The van der Waals surface area contributed by atoms with Crippen LogP contribution in [0.25, 0.3) is 0 Å². The fraction of sp³-hybridized carbons (Fsp3) is 0.400. The Morgan fingerprint density at radius 2 is 1.74 bits per heavy atom. The maximum Gasteiger partial charge on any atom is 0.122 e. The summed E-state index contributed by atoms with van der Waals surface area (Å²) in [5.74, 6) is 2.11. The van der Waals surface area contributed by atoms with Crippen molar-refractivity contribution in [2.75, 3.05) is 20.3 Å². The van der Waals surface area contributed by atoms with E-state index in [-0.39, 0.29) is 5.92 Å². The Morgan fingerprint density at radius 3 is 2.43 bits per heavy atom. The van der Waals surface area contributed by atoms with Gasteiger partial charge in [-0.1, -0.05) is 18.2 Å². The predicted molar refractivity (Wildman–Crippen MR) is 95.6 cm³/mol. The van der Waals surface area contributed by atoms with Gasteiger partial charge in [-0.3, -0.25) is 0 Å². The van der Waals surface area contributed by atoms with Gasteiger partial charge in [0, 0.05) is 0 Å². The zero-order valence-electron chi connectivity index (χ0n) is 14.6. The number of hydrogen-bond acceptors (Lipinski definition) is 3. The van der Waals surface area contributed by atoms with Gasteiger partial charge in [0.2, 0.25) is 0 Å². The summed E-state index contributed by atoms with van der Waals surface area (Å²) in [6, 6.07) is 12.4. The van der Waals surface area contributed by atoms with E-state index >= 15 is 0 Å². The average molecular weight is 313 g/mol. The normalized spacial score (nSPS) is 12.0. The summed E-state index contributed by atoms with van der Waals surface area (Å²) in [6.45, 7) is 7.58. The standard InChI is InChI=1S/C20H27NO2/c1-14-10-16(3)20(11-15(14)2)23-9-8-18(13-21)17-6-5-7-19(12-17)22-4/h5-7,10-12,18H,8-9,13,21H2,1-4H3. The van der Waals surface area contributed by atoms with Gasteiger partial charge in [0.15, 0.2) is 0 Å². The van der Waals surface area contributed by atoms with E-state index in [0.29, 0.717) is 13.2 Å². The molecular formula is C20H27NO2. The van der Waals surface area contributed by atoms with E-state index < -0.39 is 0 Å². The maximum atomic E-state index is 6.00. The zero-order valence-corrected chi connectivity index (χ0v) is 14.6. The third-order valence-corrected chi connectivity index (χ3v) is 4.36. The van der Waals surface area contributed by atoms with Crippen LogP contribution in [-0.4, -0.2) is 20.3 Å². The van der Waals surface area contributed by atoms with E-state index in [2.05, 4.69) is 45.0 Å². The number of nitrogens with two attached hydrogens (primary N) is 1. The highest BCUT2D eigenvalue weighted by Crippen LogP contribution is 2.25. The number of aryl methyl sites for hydroxylation is 3. The van der Waals surface area contributed by atoms with E-state index in [9.17, 15) is 0 Å². The Labute approximate surface area is 139 Å². The highest BCUT2D eigenvalue weighted by Gasteiger charge is 2.11. The lowest BCUT2D eigenvalue weighted by Crippen LogP contribution is -2.16. The first-order valence-electron chi connectivity index (χ1n) is 8.09. The van der Waals surface area contributed by atoms with Crippen LogP contribution < -0.4 is 15.2 Å². The van der Waals surface area contributed by atoms with Crippen molar-refractivity contribution in [2.45, 2.75) is 33.1 Å². The summed E-state index contributed by atoms with van der Waals surface area (Å²) in [6.07, 6.45) is 0.885. The summed E-state index contributed by atoms with van der Waals surface area (Å²) in [5, 5.41) is 0. The second kappa shape index (κ2) is 8.02. The van der Waals surface area contributed by atoms with Crippen molar-refractivity contribution in [1.29, 1.82) is 0 Å². The molecule has 0 amide bonds. The molecule has 0 aromatic heterocycles. The first-order chi connectivity index (χ1) is 11.0. The fourth-order valence-corrected chi connectivity index (χ4v) is 2.72. The molecule has 0 saturated heterocycles. The molecule has 0 bridgehead atoms. The summed E-state index contributed by atoms with van der Waals surface area (Å²) >= 11 is 0. The monoisotopic (exact) mass is 313 g/mol. The summed E-state index contributed by atoms with van der Waals surface area (Å²) in [5.41, 5.74) is 10.9. The van der Waals surface area contributed by atoms with E-state index in [1.165, 1.54) is 22.3 Å². The molecule has 0 aliphatic rings. The molecule has 3 heteroatoms. The predicted octanol–water partition coefficient (Wildman–Crippen LogP) is 4.13. The van der Waals surface area contributed by atoms with Crippen LogP contribution >= 0.6 is 0 Å². The Balaban J connectivity index is 1.99. The van der Waals surface area contributed by atoms with Gasteiger partial charge in [0.1, 0.15) is 11.5 Å². The molecule has 0 saturated carbocycles. The van der Waals surface area contributed by atoms with Crippen LogP contribution in [0.3, 0.4) is 0 Å². The van der Waals surface area contributed by atoms with Gasteiger partial charge >= 0.3 is 0 Å². The van der Waals surface area contributed by atoms with Crippen molar-refractivity contribution < 1.29 is 9.47 Å². The molecule has 0 aliphatic heterocycles. The Morgan fingerprint density at radius 1 is 1.00 bits per heavy atom. The SMILES string of the molecule is COc1cccc(C(CN)CCOc2cc(C)c(C)cc2C)c1. The number of benzene rings is 2. The first-order valence-corrected chi connectivity index (χ1v) is 8.09. The van der Waals surface area contributed by atoms with E-state index in [0.717, 1.165) is 17.9 Å². The van der Waals surface area contributed by atoms with Crippen molar-refractivity contribution >= 4 is 0 Å². The van der Waals surface area contributed by atoms with Gasteiger partial charge in [0.25, 0.3) is 0 Å². The topological polar surface area (TPSA) is 44.5 Å². The number of rotatable bonds is 7. The molecule has 0 aliphatic carbocycles. The summed E-state index contributed by atoms with van der Waals surface area (Å²) < 4.78 is 11.3. The molecule has 2 aromatic carbocycles. The highest BCUT2D eigenvalue weighted by molar-refractivity contribution is 5.40. The van der Waals surface area contributed by atoms with E-state index in [1.807, 2.05) is 12.1 Å². The molecule has 1 atom stereocenters. The van der Waals surface area contributed by atoms with Crippen LogP contribution in [0.4, 0.5) is 0 Å². The first kappa shape index (κ1) is 17.4. The smallest absolute Gasteiger partial charge is 0.122 e. The zero-order chi connectivity index (χ0) is 16.8. The number of methoxy groups -OCH3 is 1. The van der Waals surface area contributed by atoms with Crippen LogP contribution in [0.1, 0.15) is 34.6 Å². The second-order valence-corrected chi connectivity index (χ2v) is 6.05. The lowest BCUT2D eigenvalue weighted by Gasteiger charge is -2.17. The van der Waals surface area contributed by atoms with Crippen LogP contribution in [0.15, 0.2) is 36.4 Å². The van der Waals surface area contributed by atoms with Crippen LogP contribution in [0, 0.1) is 20.8 Å². The maximum absolute atomic E-state index is 6.00. The Bertz CT molecular complexity index is 652. The molecule has 3 nitrogen and oxygen atoms in total. The van der Waals surface area contributed by atoms with Crippen molar-refractivity contribution in [3.05, 3.63) is 58.7 Å². The van der Waals surface area contributed by atoms with Gasteiger partial charge in [0.05, 0.1) is 13.7 Å². The largest absolute Gasteiger partial charge is 0.497 e. The van der Waals surface area contributed by atoms with Gasteiger partial charge in [-0.05, 0) is 80.1 Å². The van der Waals surface area contributed by atoms with E-state index in [4.69, 9.17) is 15.2 Å². The van der Waals surface area contributed by atoms with Gasteiger partial charge in [-0.2, -0.15) is 0 Å². The second-order valence-electron chi connectivity index (χ2n) is 6.05. The lowest BCUT2D eigenvalue weighted by atomic mass is 9.96. The molecule has 0 radical (unpaired) electrons. The van der Waals surface area contributed by atoms with Gasteiger partial charge in [-0.15, -0.1) is 0 Å². The van der Waals surface area contributed by atoms with Crippen LogP contribution in [-0.2, 0) is 0 Å². The molecule has 0 spiro atoms. The molecule has 2 aromatic rings. The minimum Gasteiger partial charge on any atom is -0.497 e. The lowest BCUT2D eigenvalue weighted by molar-refractivity contribution is 0.296. The molecule has 23 heavy (non-hydrogen) atoms. The highest BCUT2D eigenvalue weighted by atomic mass is 16.5. The molecule has 0 fully saturated rings. The van der Waals surface area contributed by atoms with Crippen LogP contribution in [0.2, 0.25) is 0 Å². The quantitative estimate of drug-likeness (QED) is 0.836. The van der Waals surface area contributed by atoms with Crippen molar-refractivity contribution in [1.82, 2.24) is 0 Å². The molecule has 2 N–H and O–H groups in total. The fourth-order valence-electron chi connectivity index (χ4n) is 2.72. The van der Waals surface area contributed by atoms with Crippen molar-refractivity contribution in [3.8, 4) is 11.5 Å². The summed E-state index contributed by atoms with van der Waals surface area (Å²) in [7, 11) is 1.68. The minimum atomic E-state index is 0.275. The number of ether oxygens (including phenoxy) is 2. The third kappa shape index (κ3) is 4.49. The van der Waals surface area contributed by atoms with Crippen molar-refractivity contribution in [3.63, 3.8) is 0 Å².